The van der Waals surface area contributed by atoms with Crippen molar-refractivity contribution in [1.82, 2.24) is 0 Å². The first kappa shape index (κ1) is 22.0. The number of nitrogens with two attached hydrogens (primary N) is 1. The molecule has 0 bridgehead atoms. The fraction of sp³-hybridized carbons (Fsp3) is 0.222. The second kappa shape index (κ2) is 8.81. The van der Waals surface area contributed by atoms with Crippen molar-refractivity contribution in [2.45, 2.75) is 19.4 Å². The average molecular weight is 444 g/mol. The predicted molar refractivity (Wildman–Crippen MR) is 111 cm³/mol. The Balaban J connectivity index is 2.45. The molecule has 0 spiro atoms. The molecule has 10 heteroatoms. The molecule has 0 unspecified atom stereocenters. The van der Waals surface area contributed by atoms with Gasteiger partial charge in [-0.2, -0.15) is 0 Å². The lowest BCUT2D eigenvalue weighted by Gasteiger charge is -2.30. The van der Waals surface area contributed by atoms with Crippen LogP contribution in [0.25, 0.3) is 0 Å². The lowest BCUT2D eigenvalue weighted by atomic mass is 10.1. The monoisotopic (exact) mass is 443 g/mol. The Hall–Kier alpha value is -2.29. The Morgan fingerprint density at radius 1 is 1.14 bits per heavy atom. The van der Waals surface area contributed by atoms with Crippen LogP contribution in [0.2, 0.25) is 10.0 Å². The molecule has 150 valence electrons. The summed E-state index contributed by atoms with van der Waals surface area (Å²) >= 11 is 11.9. The van der Waals surface area contributed by atoms with Crippen LogP contribution >= 0.6 is 23.2 Å². The molecule has 2 rings (SSSR count). The number of anilines is 2. The molecule has 28 heavy (non-hydrogen) atoms. The zero-order valence-electron chi connectivity index (χ0n) is 15.1. The van der Waals surface area contributed by atoms with Crippen molar-refractivity contribution in [2.24, 2.45) is 5.73 Å². The Morgan fingerprint density at radius 2 is 1.79 bits per heavy atom. The number of rotatable bonds is 7. The van der Waals surface area contributed by atoms with Crippen molar-refractivity contribution in [2.75, 3.05) is 15.9 Å². The van der Waals surface area contributed by atoms with Gasteiger partial charge in [-0.05, 0) is 36.8 Å². The van der Waals surface area contributed by atoms with Gasteiger partial charge < -0.3 is 11.1 Å². The summed E-state index contributed by atoms with van der Waals surface area (Å²) in [5.74, 6) is -1.33. The number of nitrogens with zero attached hydrogens (tertiary/aromatic N) is 1. The van der Waals surface area contributed by atoms with Gasteiger partial charge in [-0.15, -0.1) is 0 Å². The molecule has 2 amide bonds. The summed E-state index contributed by atoms with van der Waals surface area (Å²) in [5.41, 5.74) is 5.83. The molecule has 7 nitrogen and oxygen atoms in total. The van der Waals surface area contributed by atoms with Crippen LogP contribution in [0.15, 0.2) is 42.5 Å². The summed E-state index contributed by atoms with van der Waals surface area (Å²) < 4.78 is 25.9. The molecule has 0 aliphatic heterocycles. The highest BCUT2D eigenvalue weighted by Gasteiger charge is 2.32. The molecule has 1 atom stereocenters. The van der Waals surface area contributed by atoms with E-state index < -0.39 is 27.9 Å². The van der Waals surface area contributed by atoms with Crippen molar-refractivity contribution in [3.63, 3.8) is 0 Å². The molecule has 3 N–H and O–H groups in total. The van der Waals surface area contributed by atoms with E-state index in [1.165, 1.54) is 30.3 Å². The average Bonchev–Trinajstić information content (AvgIpc) is 2.61. The highest BCUT2D eigenvalue weighted by atomic mass is 35.5. The first-order valence-electron chi connectivity index (χ1n) is 8.20. The van der Waals surface area contributed by atoms with E-state index in [0.29, 0.717) is 0 Å². The van der Waals surface area contributed by atoms with E-state index in [4.69, 9.17) is 28.9 Å². The quantitative estimate of drug-likeness (QED) is 0.683. The van der Waals surface area contributed by atoms with Crippen LogP contribution in [0.3, 0.4) is 0 Å². The minimum absolute atomic E-state index is 0.117. The molecule has 2 aromatic carbocycles. The van der Waals surface area contributed by atoms with Crippen LogP contribution in [0, 0.1) is 0 Å². The van der Waals surface area contributed by atoms with E-state index in [1.54, 1.807) is 19.1 Å². The number of sulfonamides is 1. The predicted octanol–water partition coefficient (Wildman–Crippen LogP) is 3.28. The first-order valence-corrected chi connectivity index (χ1v) is 10.8. The first-order chi connectivity index (χ1) is 13.1. The summed E-state index contributed by atoms with van der Waals surface area (Å²) in [5, 5.41) is 3.00. The van der Waals surface area contributed by atoms with Gasteiger partial charge in [0.05, 0.1) is 33.2 Å². The van der Waals surface area contributed by atoms with Gasteiger partial charge in [-0.1, -0.05) is 42.3 Å². The van der Waals surface area contributed by atoms with Gasteiger partial charge in [0.25, 0.3) is 5.91 Å². The standard InChI is InChI=1S/C18H19Cl2N3O4S/c1-3-16(18(25)22-15-7-5-4-6-12(15)17(21)24)23(28(2,26)27)11-8-9-13(19)14(20)10-11/h4-10,16H,3H2,1-2H3,(H2,21,24)(H,22,25)/t16-/m1/s1. The maximum Gasteiger partial charge on any atom is 0.250 e. The minimum atomic E-state index is -3.84. The largest absolute Gasteiger partial charge is 0.366 e. The fourth-order valence-electron chi connectivity index (χ4n) is 2.71. The van der Waals surface area contributed by atoms with Crippen LogP contribution in [0.4, 0.5) is 11.4 Å². The van der Waals surface area contributed by atoms with Crippen LogP contribution in [0.5, 0.6) is 0 Å². The van der Waals surface area contributed by atoms with E-state index in [1.807, 2.05) is 0 Å². The normalized spacial score (nSPS) is 12.3. The molecule has 0 saturated heterocycles. The molecule has 0 heterocycles. The van der Waals surface area contributed by atoms with Crippen molar-refractivity contribution in [1.29, 1.82) is 0 Å². The third-order valence-corrected chi connectivity index (χ3v) is 5.86. The third-order valence-electron chi connectivity index (χ3n) is 3.94. The number of hydrogen-bond acceptors (Lipinski definition) is 4. The summed E-state index contributed by atoms with van der Waals surface area (Å²) in [7, 11) is -3.84. The van der Waals surface area contributed by atoms with E-state index >= 15 is 0 Å². The van der Waals surface area contributed by atoms with Gasteiger partial charge in [0, 0.05) is 0 Å². The Kier molecular flexibility index (Phi) is 6.92. The number of carbonyl (C=O) groups is 2. The number of halogens is 2. The SMILES string of the molecule is CC[C@H](C(=O)Nc1ccccc1C(N)=O)N(c1ccc(Cl)c(Cl)c1)S(C)(=O)=O. The van der Waals surface area contributed by atoms with E-state index in [0.717, 1.165) is 10.6 Å². The number of primary amides is 1. The molecule has 0 aliphatic carbocycles. The Morgan fingerprint density at radius 3 is 2.32 bits per heavy atom. The number of amides is 2. The Labute approximate surface area is 173 Å². The van der Waals surface area contributed by atoms with Gasteiger partial charge in [0.15, 0.2) is 0 Å². The van der Waals surface area contributed by atoms with Crippen LogP contribution in [-0.4, -0.2) is 32.5 Å². The summed E-state index contributed by atoms with van der Waals surface area (Å²) in [6.07, 6.45) is 1.15. The van der Waals surface area contributed by atoms with Gasteiger partial charge in [-0.25, -0.2) is 8.42 Å². The lowest BCUT2D eigenvalue weighted by molar-refractivity contribution is -0.117. The highest BCUT2D eigenvalue weighted by Crippen LogP contribution is 2.30. The summed E-state index contributed by atoms with van der Waals surface area (Å²) in [6, 6.07) is 9.39. The molecular weight excluding hydrogens is 425 g/mol. The van der Waals surface area contributed by atoms with Crippen LogP contribution in [-0.2, 0) is 14.8 Å². The molecular formula is C18H19Cl2N3O4S. The zero-order chi connectivity index (χ0) is 21.1. The smallest absolute Gasteiger partial charge is 0.250 e. The van der Waals surface area contributed by atoms with Crippen LogP contribution in [0.1, 0.15) is 23.7 Å². The van der Waals surface area contributed by atoms with E-state index in [2.05, 4.69) is 5.32 Å². The molecule has 0 fully saturated rings. The number of hydrogen-bond donors (Lipinski definition) is 2. The van der Waals surface area contributed by atoms with Crippen molar-refractivity contribution in [3.8, 4) is 0 Å². The number of para-hydroxylation sites is 1. The third kappa shape index (κ3) is 4.95. The minimum Gasteiger partial charge on any atom is -0.366 e. The second-order valence-electron chi connectivity index (χ2n) is 5.98. The maximum atomic E-state index is 12.9. The maximum absolute atomic E-state index is 12.9. The zero-order valence-corrected chi connectivity index (χ0v) is 17.5. The highest BCUT2D eigenvalue weighted by molar-refractivity contribution is 7.92. The molecule has 0 saturated carbocycles. The van der Waals surface area contributed by atoms with Gasteiger partial charge in [0.1, 0.15) is 6.04 Å². The fourth-order valence-corrected chi connectivity index (χ4v) is 4.20. The van der Waals surface area contributed by atoms with Crippen LogP contribution < -0.4 is 15.4 Å². The number of carbonyl (C=O) groups excluding carboxylic acids is 2. The van der Waals surface area contributed by atoms with Gasteiger partial charge in [-0.3, -0.25) is 13.9 Å². The Bertz CT molecular complexity index is 1010. The number of benzene rings is 2. The lowest BCUT2D eigenvalue weighted by Crippen LogP contribution is -2.47. The van der Waals surface area contributed by atoms with Crippen molar-refractivity contribution < 1.29 is 18.0 Å². The molecule has 2 aromatic rings. The van der Waals surface area contributed by atoms with Crippen molar-refractivity contribution in [3.05, 3.63) is 58.1 Å². The second-order valence-corrected chi connectivity index (χ2v) is 8.65. The van der Waals surface area contributed by atoms with E-state index in [9.17, 15) is 18.0 Å². The van der Waals surface area contributed by atoms with Gasteiger partial charge >= 0.3 is 0 Å². The summed E-state index contributed by atoms with van der Waals surface area (Å²) in [4.78, 5) is 24.5. The molecule has 0 radical (unpaired) electrons. The van der Waals surface area contributed by atoms with E-state index in [-0.39, 0.29) is 33.4 Å². The molecule has 0 aliphatic rings. The molecule has 0 aromatic heterocycles. The topological polar surface area (TPSA) is 110 Å². The summed E-state index contributed by atoms with van der Waals surface area (Å²) in [6.45, 7) is 1.67. The van der Waals surface area contributed by atoms with Crippen molar-refractivity contribution >= 4 is 56.4 Å². The van der Waals surface area contributed by atoms with Gasteiger partial charge in [0.2, 0.25) is 15.9 Å². The number of nitrogens with one attached hydrogen (secondary N) is 1.